The Morgan fingerprint density at radius 2 is 1.74 bits per heavy atom. The van der Waals surface area contributed by atoms with Crippen LogP contribution in [0.1, 0.15) is 23.0 Å². The van der Waals surface area contributed by atoms with Crippen molar-refractivity contribution in [2.75, 3.05) is 6.61 Å². The van der Waals surface area contributed by atoms with E-state index < -0.39 is 5.97 Å². The second kappa shape index (κ2) is 8.90. The summed E-state index contributed by atoms with van der Waals surface area (Å²) in [4.78, 5) is 17.3. The number of fused-ring (bicyclic) bond motifs is 2. The molecule has 34 heavy (non-hydrogen) atoms. The number of carbonyl (C=O) groups excluding carboxylic acids is 1. The maximum absolute atomic E-state index is 13.0. The molecule has 3 aromatic carbocycles. The normalized spacial score (nSPS) is 11.1. The number of phenols is 1. The van der Waals surface area contributed by atoms with Crippen molar-refractivity contribution >= 4 is 27.6 Å². The van der Waals surface area contributed by atoms with Gasteiger partial charge in [0.15, 0.2) is 0 Å². The van der Waals surface area contributed by atoms with E-state index in [1.54, 1.807) is 25.4 Å². The highest BCUT2D eigenvalue weighted by atomic mass is 16.5. The number of nitrogens with zero attached hydrogens (tertiary/aromatic N) is 2. The molecule has 6 nitrogen and oxygen atoms in total. The molecule has 0 fully saturated rings. The van der Waals surface area contributed by atoms with Gasteiger partial charge in [-0.15, -0.1) is 0 Å². The van der Waals surface area contributed by atoms with Gasteiger partial charge >= 0.3 is 5.97 Å². The fourth-order valence-corrected chi connectivity index (χ4v) is 4.34. The summed E-state index contributed by atoms with van der Waals surface area (Å²) in [7, 11) is 1.89. The van der Waals surface area contributed by atoms with E-state index in [0.717, 1.165) is 21.9 Å². The van der Waals surface area contributed by atoms with E-state index in [4.69, 9.17) is 9.47 Å². The van der Waals surface area contributed by atoms with Crippen LogP contribution in [0.2, 0.25) is 0 Å². The molecule has 0 bridgehead atoms. The van der Waals surface area contributed by atoms with Gasteiger partial charge in [-0.05, 0) is 36.6 Å². The van der Waals surface area contributed by atoms with E-state index in [2.05, 4.69) is 4.98 Å². The van der Waals surface area contributed by atoms with Crippen LogP contribution in [0.5, 0.6) is 11.5 Å². The predicted octanol–water partition coefficient (Wildman–Crippen LogP) is 5.85. The van der Waals surface area contributed by atoms with Crippen LogP contribution in [0, 0.1) is 0 Å². The van der Waals surface area contributed by atoms with Crippen LogP contribution in [0.3, 0.4) is 0 Å². The first-order chi connectivity index (χ1) is 16.6. The molecule has 6 heteroatoms. The molecule has 5 aromatic rings. The van der Waals surface area contributed by atoms with Crippen molar-refractivity contribution in [3.8, 4) is 22.6 Å². The lowest BCUT2D eigenvalue weighted by atomic mass is 9.98. The Morgan fingerprint density at radius 3 is 2.53 bits per heavy atom. The fraction of sp³-hybridized carbons (Fsp3) is 0.143. The summed E-state index contributed by atoms with van der Waals surface area (Å²) < 4.78 is 13.3. The molecule has 0 amide bonds. The van der Waals surface area contributed by atoms with Crippen molar-refractivity contribution < 1.29 is 19.4 Å². The van der Waals surface area contributed by atoms with Crippen LogP contribution in [-0.2, 0) is 18.4 Å². The highest BCUT2D eigenvalue weighted by Gasteiger charge is 2.25. The minimum atomic E-state index is -0.446. The van der Waals surface area contributed by atoms with Crippen LogP contribution >= 0.6 is 0 Å². The van der Waals surface area contributed by atoms with E-state index in [1.807, 2.05) is 72.3 Å². The van der Waals surface area contributed by atoms with Gasteiger partial charge in [-0.2, -0.15) is 0 Å². The van der Waals surface area contributed by atoms with Crippen molar-refractivity contribution in [2.45, 2.75) is 13.5 Å². The second-order valence-electron chi connectivity index (χ2n) is 8.00. The predicted molar refractivity (Wildman–Crippen MR) is 132 cm³/mol. The minimum absolute atomic E-state index is 0.0670. The Hall–Kier alpha value is -4.32. The number of aromatic hydroxyl groups is 1. The number of esters is 1. The Labute approximate surface area is 197 Å². The number of benzene rings is 3. The van der Waals surface area contributed by atoms with Crippen LogP contribution in [0.25, 0.3) is 32.8 Å². The first-order valence-electron chi connectivity index (χ1n) is 11.1. The van der Waals surface area contributed by atoms with Gasteiger partial charge in [-0.1, -0.05) is 42.5 Å². The fourth-order valence-electron chi connectivity index (χ4n) is 4.34. The van der Waals surface area contributed by atoms with E-state index in [0.29, 0.717) is 28.0 Å². The number of ether oxygens (including phenoxy) is 2. The lowest BCUT2D eigenvalue weighted by Crippen LogP contribution is -2.11. The van der Waals surface area contributed by atoms with Crippen molar-refractivity contribution in [1.29, 1.82) is 0 Å². The van der Waals surface area contributed by atoms with Gasteiger partial charge in [-0.3, -0.25) is 4.98 Å². The molecule has 0 saturated heterocycles. The molecule has 0 saturated carbocycles. The Kier molecular flexibility index (Phi) is 5.64. The van der Waals surface area contributed by atoms with Crippen LogP contribution < -0.4 is 4.74 Å². The quantitative estimate of drug-likeness (QED) is 0.327. The van der Waals surface area contributed by atoms with Gasteiger partial charge in [-0.25, -0.2) is 4.79 Å². The van der Waals surface area contributed by atoms with Crippen molar-refractivity contribution in [1.82, 2.24) is 9.55 Å². The average molecular weight is 453 g/mol. The maximum atomic E-state index is 13.0. The van der Waals surface area contributed by atoms with Gasteiger partial charge in [0.05, 0.1) is 17.9 Å². The summed E-state index contributed by atoms with van der Waals surface area (Å²) in [6, 6.07) is 20.9. The summed E-state index contributed by atoms with van der Waals surface area (Å²) in [5.74, 6) is 0.323. The largest absolute Gasteiger partial charge is 0.507 e. The highest BCUT2D eigenvalue weighted by Crippen LogP contribution is 2.39. The minimum Gasteiger partial charge on any atom is -0.507 e. The van der Waals surface area contributed by atoms with Crippen molar-refractivity contribution in [3.05, 3.63) is 90.4 Å². The van der Waals surface area contributed by atoms with Crippen LogP contribution in [-0.4, -0.2) is 27.2 Å². The van der Waals surface area contributed by atoms with Gasteiger partial charge in [0, 0.05) is 46.9 Å². The molecule has 0 unspecified atom stereocenters. The molecule has 0 aliphatic carbocycles. The first-order valence-corrected chi connectivity index (χ1v) is 11.1. The molecular weight excluding hydrogens is 428 g/mol. The molecular formula is C28H24N2O4. The zero-order valence-corrected chi connectivity index (χ0v) is 19.0. The molecule has 0 atom stereocenters. The van der Waals surface area contributed by atoms with Gasteiger partial charge < -0.3 is 19.1 Å². The van der Waals surface area contributed by atoms with Crippen molar-refractivity contribution in [3.63, 3.8) is 0 Å². The number of hydrogen-bond donors (Lipinski definition) is 1. The summed E-state index contributed by atoms with van der Waals surface area (Å²) in [5, 5.41) is 13.6. The Morgan fingerprint density at radius 1 is 0.971 bits per heavy atom. The lowest BCUT2D eigenvalue weighted by molar-refractivity contribution is 0.0525. The SMILES string of the molecule is CCOC(=O)c1c(COc2ccccc2)n(C)c2cc(-c3cncc4ccccc34)c(O)cc12. The van der Waals surface area contributed by atoms with Gasteiger partial charge in [0.25, 0.3) is 0 Å². The van der Waals surface area contributed by atoms with E-state index in [-0.39, 0.29) is 19.0 Å². The van der Waals surface area contributed by atoms with Crippen LogP contribution in [0.4, 0.5) is 0 Å². The number of hydrogen-bond acceptors (Lipinski definition) is 5. The highest BCUT2D eigenvalue weighted by molar-refractivity contribution is 6.08. The summed E-state index contributed by atoms with van der Waals surface area (Å²) >= 11 is 0. The average Bonchev–Trinajstić information content (AvgIpc) is 3.13. The number of rotatable bonds is 6. The third kappa shape index (κ3) is 3.73. The van der Waals surface area contributed by atoms with E-state index in [1.165, 1.54) is 0 Å². The molecule has 170 valence electrons. The number of carbonyl (C=O) groups is 1. The molecule has 1 N–H and O–H groups in total. The van der Waals surface area contributed by atoms with Crippen molar-refractivity contribution in [2.24, 2.45) is 7.05 Å². The maximum Gasteiger partial charge on any atom is 0.340 e. The summed E-state index contributed by atoms with van der Waals surface area (Å²) in [6.07, 6.45) is 3.55. The molecule has 2 aromatic heterocycles. The zero-order valence-electron chi connectivity index (χ0n) is 19.0. The smallest absolute Gasteiger partial charge is 0.340 e. The Bertz CT molecular complexity index is 1500. The molecule has 0 spiro atoms. The molecule has 0 aliphatic rings. The van der Waals surface area contributed by atoms with Gasteiger partial charge in [0.2, 0.25) is 0 Å². The van der Waals surface area contributed by atoms with E-state index >= 15 is 0 Å². The lowest BCUT2D eigenvalue weighted by Gasteiger charge is -2.10. The number of phenolic OH excluding ortho intramolecular Hbond substituents is 1. The molecule has 0 radical (unpaired) electrons. The molecule has 0 aliphatic heterocycles. The Balaban J connectivity index is 1.68. The standard InChI is InChI=1S/C28H24N2O4/c1-3-33-28(32)27-22-14-26(31)21(23-16-29-15-18-9-7-8-12-20(18)23)13-24(22)30(2)25(27)17-34-19-10-5-4-6-11-19/h4-16,31H,3,17H2,1-2H3. The summed E-state index contributed by atoms with van der Waals surface area (Å²) in [5.41, 5.74) is 3.32. The molecule has 5 rings (SSSR count). The zero-order chi connectivity index (χ0) is 23.7. The third-order valence-corrected chi connectivity index (χ3v) is 5.99. The topological polar surface area (TPSA) is 73.6 Å². The van der Waals surface area contributed by atoms with E-state index in [9.17, 15) is 9.90 Å². The third-order valence-electron chi connectivity index (χ3n) is 5.99. The first kappa shape index (κ1) is 21.5. The summed E-state index contributed by atoms with van der Waals surface area (Å²) in [6.45, 7) is 2.20. The second-order valence-corrected chi connectivity index (χ2v) is 8.00. The number of pyridine rings is 1. The molecule has 2 heterocycles. The monoisotopic (exact) mass is 452 g/mol. The number of aryl methyl sites for hydroxylation is 1. The number of aromatic nitrogens is 2. The van der Waals surface area contributed by atoms with Crippen LogP contribution in [0.15, 0.2) is 79.1 Å². The van der Waals surface area contributed by atoms with Gasteiger partial charge in [0.1, 0.15) is 18.1 Å². The number of para-hydroxylation sites is 1.